The fourth-order valence-corrected chi connectivity index (χ4v) is 2.24. The third-order valence-electron chi connectivity index (χ3n) is 3.55. The van der Waals surface area contributed by atoms with Gasteiger partial charge in [0.25, 0.3) is 0 Å². The van der Waals surface area contributed by atoms with Crippen molar-refractivity contribution in [2.45, 2.75) is 19.9 Å². The van der Waals surface area contributed by atoms with E-state index in [1.165, 1.54) is 16.7 Å². The van der Waals surface area contributed by atoms with E-state index in [2.05, 4.69) is 72.7 Å². The van der Waals surface area contributed by atoms with E-state index in [9.17, 15) is 0 Å². The molecule has 0 amide bonds. The maximum Gasteiger partial charge on any atom is 0.0866 e. The summed E-state index contributed by atoms with van der Waals surface area (Å²) in [4.78, 5) is 4.58. The van der Waals surface area contributed by atoms with Crippen LogP contribution in [0.15, 0.2) is 59.7 Å². The van der Waals surface area contributed by atoms with Gasteiger partial charge in [-0.2, -0.15) is 0 Å². The summed E-state index contributed by atoms with van der Waals surface area (Å²) >= 11 is 0. The largest absolute Gasteiger partial charge is 0.377 e. The van der Waals surface area contributed by atoms with E-state index >= 15 is 0 Å². The van der Waals surface area contributed by atoms with Gasteiger partial charge < -0.3 is 5.32 Å². The highest BCUT2D eigenvalue weighted by Crippen LogP contribution is 2.22. The molecule has 1 heterocycles. The number of nitrogens with one attached hydrogen (secondary N) is 1. The van der Waals surface area contributed by atoms with Gasteiger partial charge in [-0.05, 0) is 19.4 Å². The Balaban J connectivity index is 1.77. The Morgan fingerprint density at radius 3 is 2.00 bits per heavy atom. The predicted molar refractivity (Wildman–Crippen MR) is 84.7 cm³/mol. The van der Waals surface area contributed by atoms with Crippen molar-refractivity contribution >= 4 is 11.9 Å². The molecule has 0 saturated carbocycles. The fraction of sp³-hybridized carbons (Fsp3) is 0.167. The number of hydrogen-bond acceptors (Lipinski definition) is 2. The molecule has 0 aromatic heterocycles. The summed E-state index contributed by atoms with van der Waals surface area (Å²) in [6, 6.07) is 17.1. The minimum atomic E-state index is 0.157. The molecular weight excluding hydrogens is 244 g/mol. The van der Waals surface area contributed by atoms with Crippen molar-refractivity contribution in [3.63, 3.8) is 0 Å². The standard InChI is InChI=1S/C18H18N2/c1-13-3-7-15(8-4-13)17-11-20-18(12-19-17)16-9-5-14(2)6-10-16/h3-12,17,19H,1-2H3. The maximum absolute atomic E-state index is 4.58. The summed E-state index contributed by atoms with van der Waals surface area (Å²) in [5.41, 5.74) is 5.89. The van der Waals surface area contributed by atoms with Crippen LogP contribution in [0.25, 0.3) is 5.70 Å². The van der Waals surface area contributed by atoms with E-state index < -0.39 is 0 Å². The molecule has 0 spiro atoms. The van der Waals surface area contributed by atoms with Crippen LogP contribution in [0, 0.1) is 13.8 Å². The third-order valence-corrected chi connectivity index (χ3v) is 3.55. The average molecular weight is 262 g/mol. The molecule has 0 fully saturated rings. The van der Waals surface area contributed by atoms with Gasteiger partial charge in [0.2, 0.25) is 0 Å². The molecule has 100 valence electrons. The molecule has 2 aromatic rings. The Labute approximate surface area is 119 Å². The predicted octanol–water partition coefficient (Wildman–Crippen LogP) is 4.02. The number of aryl methyl sites for hydroxylation is 2. The first kappa shape index (κ1) is 12.7. The topological polar surface area (TPSA) is 24.4 Å². The van der Waals surface area contributed by atoms with Crippen molar-refractivity contribution in [1.29, 1.82) is 0 Å². The van der Waals surface area contributed by atoms with Crippen LogP contribution < -0.4 is 5.32 Å². The molecule has 0 saturated heterocycles. The quantitative estimate of drug-likeness (QED) is 0.868. The minimum absolute atomic E-state index is 0.157. The van der Waals surface area contributed by atoms with Crippen molar-refractivity contribution in [3.8, 4) is 0 Å². The van der Waals surface area contributed by atoms with Crippen molar-refractivity contribution < 1.29 is 0 Å². The number of aliphatic imine (C=N–C) groups is 1. The highest BCUT2D eigenvalue weighted by Gasteiger charge is 2.12. The van der Waals surface area contributed by atoms with Gasteiger partial charge in [-0.1, -0.05) is 59.7 Å². The Kier molecular flexibility index (Phi) is 3.38. The van der Waals surface area contributed by atoms with Crippen LogP contribution in [0.4, 0.5) is 0 Å². The maximum atomic E-state index is 4.58. The molecular formula is C18H18N2. The van der Waals surface area contributed by atoms with Gasteiger partial charge in [-0.3, -0.25) is 4.99 Å². The molecule has 1 aliphatic heterocycles. The summed E-state index contributed by atoms with van der Waals surface area (Å²) in [5, 5.41) is 3.41. The first-order valence-electron chi connectivity index (χ1n) is 6.86. The van der Waals surface area contributed by atoms with Gasteiger partial charge in [0, 0.05) is 18.0 Å². The zero-order chi connectivity index (χ0) is 13.9. The smallest absolute Gasteiger partial charge is 0.0866 e. The van der Waals surface area contributed by atoms with Gasteiger partial charge in [0.1, 0.15) is 0 Å². The van der Waals surface area contributed by atoms with Gasteiger partial charge in [-0.25, -0.2) is 0 Å². The van der Waals surface area contributed by atoms with Gasteiger partial charge in [0.05, 0.1) is 11.7 Å². The molecule has 20 heavy (non-hydrogen) atoms. The van der Waals surface area contributed by atoms with Crippen molar-refractivity contribution in [2.24, 2.45) is 4.99 Å². The highest BCUT2D eigenvalue weighted by atomic mass is 15.0. The van der Waals surface area contributed by atoms with Crippen molar-refractivity contribution in [2.75, 3.05) is 0 Å². The Morgan fingerprint density at radius 2 is 1.45 bits per heavy atom. The lowest BCUT2D eigenvalue weighted by Crippen LogP contribution is -2.20. The van der Waals surface area contributed by atoms with E-state index in [0.717, 1.165) is 11.3 Å². The van der Waals surface area contributed by atoms with E-state index in [-0.39, 0.29) is 6.04 Å². The Bertz CT molecular complexity index is 649. The lowest BCUT2D eigenvalue weighted by molar-refractivity contribution is 0.797. The summed E-state index contributed by atoms with van der Waals surface area (Å²) < 4.78 is 0. The minimum Gasteiger partial charge on any atom is -0.377 e. The zero-order valence-electron chi connectivity index (χ0n) is 11.8. The molecule has 2 aromatic carbocycles. The first-order chi connectivity index (χ1) is 9.72. The Hall–Kier alpha value is -2.35. The number of rotatable bonds is 2. The Morgan fingerprint density at radius 1 is 0.850 bits per heavy atom. The molecule has 3 rings (SSSR count). The second kappa shape index (κ2) is 5.33. The molecule has 0 aliphatic carbocycles. The molecule has 1 N–H and O–H groups in total. The van der Waals surface area contributed by atoms with Crippen LogP contribution in [-0.4, -0.2) is 6.21 Å². The van der Waals surface area contributed by atoms with Crippen molar-refractivity contribution in [1.82, 2.24) is 5.32 Å². The van der Waals surface area contributed by atoms with Crippen molar-refractivity contribution in [3.05, 3.63) is 77.0 Å². The molecule has 0 radical (unpaired) electrons. The van der Waals surface area contributed by atoms with Crippen LogP contribution in [0.1, 0.15) is 28.3 Å². The van der Waals surface area contributed by atoms with Gasteiger partial charge in [0.15, 0.2) is 0 Å². The normalized spacial score (nSPS) is 17.5. The molecule has 1 unspecified atom stereocenters. The lowest BCUT2D eigenvalue weighted by Gasteiger charge is -2.18. The second-order valence-electron chi connectivity index (χ2n) is 5.23. The molecule has 0 bridgehead atoms. The molecule has 1 atom stereocenters. The van der Waals surface area contributed by atoms with E-state index in [1.54, 1.807) is 0 Å². The van der Waals surface area contributed by atoms with E-state index in [1.807, 2.05) is 12.4 Å². The second-order valence-corrected chi connectivity index (χ2v) is 5.23. The zero-order valence-corrected chi connectivity index (χ0v) is 11.8. The summed E-state index contributed by atoms with van der Waals surface area (Å²) in [6.07, 6.45) is 3.97. The average Bonchev–Trinajstić information content (AvgIpc) is 2.49. The number of benzene rings is 2. The summed E-state index contributed by atoms with van der Waals surface area (Å²) in [6.45, 7) is 4.19. The van der Waals surface area contributed by atoms with E-state index in [0.29, 0.717) is 0 Å². The molecule has 1 aliphatic rings. The van der Waals surface area contributed by atoms with Crippen LogP contribution >= 0.6 is 0 Å². The number of hydrogen-bond donors (Lipinski definition) is 1. The first-order valence-corrected chi connectivity index (χ1v) is 6.86. The van der Waals surface area contributed by atoms with Crippen LogP contribution in [0.2, 0.25) is 0 Å². The fourth-order valence-electron chi connectivity index (χ4n) is 2.24. The SMILES string of the molecule is Cc1ccc(C2=CNC(c3ccc(C)cc3)C=N2)cc1. The van der Waals surface area contributed by atoms with Crippen LogP contribution in [0.5, 0.6) is 0 Å². The van der Waals surface area contributed by atoms with E-state index in [4.69, 9.17) is 0 Å². The molecule has 2 heteroatoms. The summed E-state index contributed by atoms with van der Waals surface area (Å²) in [7, 11) is 0. The van der Waals surface area contributed by atoms with Crippen LogP contribution in [0.3, 0.4) is 0 Å². The van der Waals surface area contributed by atoms with Gasteiger partial charge in [-0.15, -0.1) is 0 Å². The monoisotopic (exact) mass is 262 g/mol. The summed E-state index contributed by atoms with van der Waals surface area (Å²) in [5.74, 6) is 0. The third kappa shape index (κ3) is 2.64. The number of nitrogens with zero attached hydrogens (tertiary/aromatic N) is 1. The van der Waals surface area contributed by atoms with Gasteiger partial charge >= 0.3 is 0 Å². The lowest BCUT2D eigenvalue weighted by atomic mass is 10.0. The van der Waals surface area contributed by atoms with Crippen LogP contribution in [-0.2, 0) is 0 Å². The molecule has 2 nitrogen and oxygen atoms in total. The highest BCUT2D eigenvalue weighted by molar-refractivity contribution is 5.80.